The van der Waals surface area contributed by atoms with E-state index in [0.717, 1.165) is 141 Å². The van der Waals surface area contributed by atoms with Crippen LogP contribution in [0.25, 0.3) is 0 Å². The van der Waals surface area contributed by atoms with Gasteiger partial charge in [0.15, 0.2) is 6.10 Å². The van der Waals surface area contributed by atoms with Gasteiger partial charge in [-0.15, -0.1) is 0 Å². The lowest BCUT2D eigenvalue weighted by molar-refractivity contribution is -0.167. The van der Waals surface area contributed by atoms with Crippen molar-refractivity contribution in [1.82, 2.24) is 0 Å². The summed E-state index contributed by atoms with van der Waals surface area (Å²) in [5, 5.41) is 0. The molecule has 0 aliphatic heterocycles. The molecule has 79 heavy (non-hydrogen) atoms. The molecule has 0 fully saturated rings. The zero-order valence-electron chi connectivity index (χ0n) is 51.1. The van der Waals surface area contributed by atoms with Gasteiger partial charge in [-0.05, 0) is 135 Å². The van der Waals surface area contributed by atoms with Crippen molar-refractivity contribution in [3.63, 3.8) is 0 Å². The Morgan fingerprint density at radius 1 is 0.253 bits per heavy atom. The number of carbonyl (C=O) groups excluding carboxylic acids is 3. The van der Waals surface area contributed by atoms with E-state index in [1.807, 2.05) is 0 Å². The lowest BCUT2D eigenvalue weighted by Gasteiger charge is -2.18. The summed E-state index contributed by atoms with van der Waals surface area (Å²) in [6.07, 6.45) is 94.3. The molecule has 0 spiro atoms. The smallest absolute Gasteiger partial charge is 0.306 e. The van der Waals surface area contributed by atoms with Crippen LogP contribution in [0.15, 0.2) is 146 Å². The van der Waals surface area contributed by atoms with Gasteiger partial charge in [-0.1, -0.05) is 269 Å². The van der Waals surface area contributed by atoms with E-state index in [4.69, 9.17) is 14.2 Å². The molecule has 0 heterocycles. The van der Waals surface area contributed by atoms with Crippen LogP contribution in [0.3, 0.4) is 0 Å². The zero-order chi connectivity index (χ0) is 57.1. The van der Waals surface area contributed by atoms with Gasteiger partial charge in [0.05, 0.1) is 0 Å². The molecule has 0 amide bonds. The molecule has 1 atom stereocenters. The second-order valence-electron chi connectivity index (χ2n) is 20.9. The largest absolute Gasteiger partial charge is 0.462 e. The Bertz CT molecular complexity index is 1730. The second kappa shape index (κ2) is 65.8. The topological polar surface area (TPSA) is 78.9 Å². The Kier molecular flexibility index (Phi) is 61.9. The van der Waals surface area contributed by atoms with Crippen LogP contribution in [-0.4, -0.2) is 37.2 Å². The van der Waals surface area contributed by atoms with Gasteiger partial charge in [-0.25, -0.2) is 0 Å². The highest BCUT2D eigenvalue weighted by molar-refractivity contribution is 5.71. The molecule has 446 valence electrons. The number of allylic oxidation sites excluding steroid dienone is 24. The molecule has 0 saturated heterocycles. The molecule has 0 aliphatic rings. The predicted octanol–water partition coefficient (Wildman–Crippen LogP) is 22.3. The molecule has 0 aromatic rings. The van der Waals surface area contributed by atoms with Crippen LogP contribution in [0.2, 0.25) is 0 Å². The number of rotatable bonds is 57. The van der Waals surface area contributed by atoms with Crippen molar-refractivity contribution in [1.29, 1.82) is 0 Å². The van der Waals surface area contributed by atoms with E-state index < -0.39 is 6.10 Å². The number of esters is 3. The molecule has 0 aromatic carbocycles. The maximum absolute atomic E-state index is 12.9. The van der Waals surface area contributed by atoms with Gasteiger partial charge in [0.1, 0.15) is 13.2 Å². The minimum atomic E-state index is -0.808. The van der Waals surface area contributed by atoms with E-state index >= 15 is 0 Å². The first-order chi connectivity index (χ1) is 39.0. The van der Waals surface area contributed by atoms with Gasteiger partial charge in [0, 0.05) is 19.3 Å². The first-order valence-corrected chi connectivity index (χ1v) is 32.3. The third kappa shape index (κ3) is 64.0. The average Bonchev–Trinajstić information content (AvgIpc) is 3.45. The van der Waals surface area contributed by atoms with Gasteiger partial charge in [0.2, 0.25) is 0 Å². The normalized spacial score (nSPS) is 13.1. The molecule has 0 rings (SSSR count). The Hall–Kier alpha value is -4.71. The first-order valence-electron chi connectivity index (χ1n) is 32.3. The van der Waals surface area contributed by atoms with E-state index in [1.54, 1.807) is 0 Å². The Morgan fingerprint density at radius 3 is 0.734 bits per heavy atom. The maximum Gasteiger partial charge on any atom is 0.306 e. The van der Waals surface area contributed by atoms with Crippen LogP contribution in [0.1, 0.15) is 278 Å². The van der Waals surface area contributed by atoms with Crippen LogP contribution in [0.4, 0.5) is 0 Å². The van der Waals surface area contributed by atoms with Crippen molar-refractivity contribution in [2.24, 2.45) is 0 Å². The number of ether oxygens (including phenoxy) is 3. The quantitative estimate of drug-likeness (QED) is 0.0261. The Morgan fingerprint density at radius 2 is 0.456 bits per heavy atom. The first kappa shape index (κ1) is 74.3. The molecule has 6 heteroatoms. The van der Waals surface area contributed by atoms with Crippen LogP contribution in [-0.2, 0) is 28.6 Å². The summed E-state index contributed by atoms with van der Waals surface area (Å²) in [6.45, 7) is 6.27. The third-order valence-electron chi connectivity index (χ3n) is 13.3. The van der Waals surface area contributed by atoms with Crippen molar-refractivity contribution < 1.29 is 28.6 Å². The summed E-state index contributed by atoms with van der Waals surface area (Å²) < 4.78 is 16.9. The summed E-state index contributed by atoms with van der Waals surface area (Å²) in [5.41, 5.74) is 0. The number of carbonyl (C=O) groups is 3. The standard InChI is InChI=1S/C73H118O6/c1-4-7-10-13-16-19-22-25-28-30-32-34-35-36-37-39-40-42-45-48-51-54-57-60-63-66-72(75)78-69-70(68-77-71(74)65-62-59-56-53-50-47-44-27-24-21-18-15-12-9-6-3)79-73(76)67-64-61-58-55-52-49-46-43-41-38-33-31-29-26-23-20-17-14-11-8-5-2/h7-12,16-21,25-29,32-34,38,44,50,53,70H,4-6,13-15,22-24,30-31,35-37,39-43,45-49,51-52,54-69H2,1-3H3/b10-7-,11-8-,12-9-,19-16-,20-17-,21-18-,28-25-,29-26-,34-32-,38-33-,44-27-,53-50-. The molecule has 0 bridgehead atoms. The van der Waals surface area contributed by atoms with Crippen LogP contribution in [0.5, 0.6) is 0 Å². The average molecular weight is 1090 g/mol. The fourth-order valence-corrected chi connectivity index (χ4v) is 8.59. The summed E-state index contributed by atoms with van der Waals surface area (Å²) in [6, 6.07) is 0. The lowest BCUT2D eigenvalue weighted by Crippen LogP contribution is -2.30. The molecular weight excluding hydrogens is 973 g/mol. The molecule has 1 unspecified atom stereocenters. The molecule has 0 radical (unpaired) electrons. The van der Waals surface area contributed by atoms with Crippen molar-refractivity contribution in [3.8, 4) is 0 Å². The summed E-state index contributed by atoms with van der Waals surface area (Å²) in [4.78, 5) is 38.4. The molecular formula is C73H118O6. The van der Waals surface area contributed by atoms with E-state index in [9.17, 15) is 14.4 Å². The van der Waals surface area contributed by atoms with Crippen molar-refractivity contribution >= 4 is 17.9 Å². The van der Waals surface area contributed by atoms with Crippen LogP contribution >= 0.6 is 0 Å². The summed E-state index contributed by atoms with van der Waals surface area (Å²) in [5.74, 6) is -0.952. The maximum atomic E-state index is 12.9. The second-order valence-corrected chi connectivity index (χ2v) is 20.9. The Labute approximate surface area is 487 Å². The van der Waals surface area contributed by atoms with Gasteiger partial charge in [0.25, 0.3) is 0 Å². The summed E-state index contributed by atoms with van der Waals surface area (Å²) >= 11 is 0. The van der Waals surface area contributed by atoms with E-state index in [1.165, 1.54) is 96.3 Å². The van der Waals surface area contributed by atoms with Crippen molar-refractivity contribution in [3.05, 3.63) is 146 Å². The lowest BCUT2D eigenvalue weighted by atomic mass is 10.0. The van der Waals surface area contributed by atoms with Gasteiger partial charge < -0.3 is 14.2 Å². The summed E-state index contributed by atoms with van der Waals surface area (Å²) in [7, 11) is 0. The third-order valence-corrected chi connectivity index (χ3v) is 13.3. The number of hydrogen-bond donors (Lipinski definition) is 0. The van der Waals surface area contributed by atoms with Gasteiger partial charge in [-0.3, -0.25) is 14.4 Å². The fourth-order valence-electron chi connectivity index (χ4n) is 8.59. The fraction of sp³-hybridized carbons (Fsp3) is 0.630. The highest BCUT2D eigenvalue weighted by Crippen LogP contribution is 2.16. The molecule has 0 N–H and O–H groups in total. The minimum absolute atomic E-state index is 0.0999. The van der Waals surface area contributed by atoms with Gasteiger partial charge in [-0.2, -0.15) is 0 Å². The highest BCUT2D eigenvalue weighted by atomic mass is 16.6. The SMILES string of the molecule is CC/C=C\C/C=C\C/C=C\C/C=C\CCCCCCCCCCCCCCC(=O)OCC(COC(=O)CCCC/C=C\C/C=C\C/C=C\C/C=C\CC)OC(=O)CCCCCCCCCC/C=C\C/C=C\C/C=C\C/C=C\CC. The molecule has 6 nitrogen and oxygen atoms in total. The zero-order valence-corrected chi connectivity index (χ0v) is 51.1. The van der Waals surface area contributed by atoms with Gasteiger partial charge >= 0.3 is 17.9 Å². The van der Waals surface area contributed by atoms with E-state index in [0.29, 0.717) is 19.3 Å². The van der Waals surface area contributed by atoms with E-state index in [-0.39, 0.29) is 31.1 Å². The monoisotopic (exact) mass is 1090 g/mol. The predicted molar refractivity (Wildman–Crippen MR) is 343 cm³/mol. The van der Waals surface area contributed by atoms with Crippen LogP contribution in [0, 0.1) is 0 Å². The minimum Gasteiger partial charge on any atom is -0.462 e. The molecule has 0 aliphatic carbocycles. The Balaban J connectivity index is 4.41. The highest BCUT2D eigenvalue weighted by Gasteiger charge is 2.19. The van der Waals surface area contributed by atoms with Crippen molar-refractivity contribution in [2.45, 2.75) is 284 Å². The molecule has 0 aromatic heterocycles. The number of hydrogen-bond acceptors (Lipinski definition) is 6. The number of unbranched alkanes of at least 4 members (excludes halogenated alkanes) is 22. The van der Waals surface area contributed by atoms with Crippen LogP contribution < -0.4 is 0 Å². The molecule has 0 saturated carbocycles. The van der Waals surface area contributed by atoms with Crippen molar-refractivity contribution in [2.75, 3.05) is 13.2 Å². The van der Waals surface area contributed by atoms with E-state index in [2.05, 4.69) is 167 Å².